The molecule has 1 heteroatoms. The molecule has 0 saturated carbocycles. The minimum atomic E-state index is -0.215. The molecule has 0 fully saturated rings. The van der Waals surface area contributed by atoms with Crippen LogP contribution in [-0.2, 0) is 10.8 Å². The third-order valence-electron chi connectivity index (χ3n) is 15.8. The molecule has 0 bridgehead atoms. The van der Waals surface area contributed by atoms with E-state index in [4.69, 9.17) is 0 Å². The second kappa shape index (κ2) is 16.3. The molecule has 0 amide bonds. The monoisotopic (exact) mass is 907 g/mol. The van der Waals surface area contributed by atoms with E-state index in [0.29, 0.717) is 0 Å². The number of rotatable bonds is 8. The highest BCUT2D eigenvalue weighted by Gasteiger charge is 2.38. The lowest BCUT2D eigenvalue weighted by atomic mass is 9.81. The predicted octanol–water partition coefficient (Wildman–Crippen LogP) is 19.4. The maximum atomic E-state index is 3.92. The number of anilines is 3. The number of nitrogens with zero attached hydrogens (tertiary/aromatic N) is 1. The van der Waals surface area contributed by atoms with E-state index in [0.717, 1.165) is 22.6 Å². The molecule has 13 rings (SSSR count). The molecule has 338 valence electrons. The Morgan fingerprint density at radius 2 is 0.606 bits per heavy atom. The summed E-state index contributed by atoms with van der Waals surface area (Å²) in [4.78, 5) is 2.47. The first-order chi connectivity index (χ1) is 34.6. The Hall–Kier alpha value is -8.52. The molecule has 11 aromatic rings. The smallest absolute Gasteiger partial charge is 0.0465 e. The first-order valence-electron chi connectivity index (χ1n) is 24.9. The van der Waals surface area contributed by atoms with Gasteiger partial charge in [0.2, 0.25) is 0 Å². The van der Waals surface area contributed by atoms with Gasteiger partial charge in [0, 0.05) is 27.9 Å². The molecule has 0 atom stereocenters. The summed E-state index contributed by atoms with van der Waals surface area (Å²) < 4.78 is 0. The van der Waals surface area contributed by atoms with Crippen molar-refractivity contribution in [2.45, 2.75) is 38.5 Å². The highest BCUT2D eigenvalue weighted by atomic mass is 15.1. The number of benzene rings is 11. The van der Waals surface area contributed by atoms with Gasteiger partial charge in [-0.3, -0.25) is 0 Å². The second-order valence-electron chi connectivity index (χ2n) is 20.6. The van der Waals surface area contributed by atoms with Gasteiger partial charge in [-0.05, 0) is 177 Å². The molecule has 71 heavy (non-hydrogen) atoms. The van der Waals surface area contributed by atoms with E-state index in [-0.39, 0.29) is 10.8 Å². The minimum absolute atomic E-state index is 0.215. The third-order valence-corrected chi connectivity index (χ3v) is 15.8. The third kappa shape index (κ3) is 7.06. The molecule has 2 aliphatic carbocycles. The molecule has 0 N–H and O–H groups in total. The fourth-order valence-corrected chi connectivity index (χ4v) is 11.7. The molecule has 11 aromatic carbocycles. The molecule has 0 saturated heterocycles. The lowest BCUT2D eigenvalue weighted by Crippen LogP contribution is -2.18. The second-order valence-corrected chi connectivity index (χ2v) is 20.6. The fourth-order valence-electron chi connectivity index (χ4n) is 11.7. The van der Waals surface area contributed by atoms with E-state index in [2.05, 4.69) is 270 Å². The van der Waals surface area contributed by atoms with Crippen LogP contribution in [0, 0.1) is 0 Å². The zero-order valence-electron chi connectivity index (χ0n) is 40.7. The summed E-state index contributed by atoms with van der Waals surface area (Å²) in [5.41, 5.74) is 24.5. The van der Waals surface area contributed by atoms with Crippen molar-refractivity contribution in [3.05, 3.63) is 265 Å². The lowest BCUT2D eigenvalue weighted by Gasteiger charge is -2.30. The van der Waals surface area contributed by atoms with Crippen LogP contribution in [0.2, 0.25) is 0 Å². The Bertz CT molecular complexity index is 3730. The molecule has 1 nitrogen and oxygen atoms in total. The Morgan fingerprint density at radius 3 is 1.03 bits per heavy atom. The first-order valence-corrected chi connectivity index (χ1v) is 24.9. The van der Waals surface area contributed by atoms with Crippen LogP contribution < -0.4 is 4.90 Å². The van der Waals surface area contributed by atoms with E-state index in [9.17, 15) is 0 Å². The van der Waals surface area contributed by atoms with Gasteiger partial charge in [0.1, 0.15) is 0 Å². The zero-order valence-corrected chi connectivity index (χ0v) is 40.7. The predicted molar refractivity (Wildman–Crippen MR) is 303 cm³/mol. The van der Waals surface area contributed by atoms with Gasteiger partial charge in [0.25, 0.3) is 0 Å². The number of hydrogen-bond acceptors (Lipinski definition) is 1. The van der Waals surface area contributed by atoms with Crippen molar-refractivity contribution in [1.29, 1.82) is 0 Å². The SMILES string of the molecule is C=Cc1ccc(-c2ccc(-c3ccc(N(c4ccc5c(c4)C(C)(C)c4cc(-c6ccc7ccccc7c6)ccc4-5)c4ccc5c(c4)C(C)(C)c4cc(-c6ccc7ccccc7c6)ccc4-5)cc3)cc2)cc1. The van der Waals surface area contributed by atoms with Crippen LogP contribution in [0.25, 0.3) is 94.4 Å². The highest BCUT2D eigenvalue weighted by Crippen LogP contribution is 2.54. The van der Waals surface area contributed by atoms with Gasteiger partial charge >= 0.3 is 0 Å². The van der Waals surface area contributed by atoms with Crippen LogP contribution >= 0.6 is 0 Å². The Labute approximate surface area is 417 Å². The molecule has 0 aromatic heterocycles. The van der Waals surface area contributed by atoms with Crippen molar-refractivity contribution in [2.75, 3.05) is 4.90 Å². The van der Waals surface area contributed by atoms with Crippen LogP contribution in [0.3, 0.4) is 0 Å². The highest BCUT2D eigenvalue weighted by molar-refractivity contribution is 5.93. The summed E-state index contributed by atoms with van der Waals surface area (Å²) in [6, 6.07) is 86.1. The summed E-state index contributed by atoms with van der Waals surface area (Å²) in [6.07, 6.45) is 1.89. The van der Waals surface area contributed by atoms with Crippen LogP contribution in [0.5, 0.6) is 0 Å². The summed E-state index contributed by atoms with van der Waals surface area (Å²) in [7, 11) is 0. The molecular weight excluding hydrogens is 855 g/mol. The van der Waals surface area contributed by atoms with Crippen molar-refractivity contribution >= 4 is 44.7 Å². The van der Waals surface area contributed by atoms with E-state index in [1.807, 2.05) is 6.08 Å². The summed E-state index contributed by atoms with van der Waals surface area (Å²) in [5.74, 6) is 0. The Kier molecular flexibility index (Phi) is 9.77. The maximum absolute atomic E-state index is 3.92. The normalized spacial score (nSPS) is 13.6. The van der Waals surface area contributed by atoms with Crippen LogP contribution in [0.4, 0.5) is 17.1 Å². The van der Waals surface area contributed by atoms with Crippen molar-refractivity contribution in [1.82, 2.24) is 0 Å². The molecule has 2 aliphatic rings. The quantitative estimate of drug-likeness (QED) is 0.147. The average Bonchev–Trinajstić information content (AvgIpc) is 3.78. The van der Waals surface area contributed by atoms with Crippen molar-refractivity contribution < 1.29 is 0 Å². The molecule has 0 aliphatic heterocycles. The van der Waals surface area contributed by atoms with Crippen molar-refractivity contribution in [3.8, 4) is 66.8 Å². The van der Waals surface area contributed by atoms with Gasteiger partial charge in [-0.25, -0.2) is 0 Å². The van der Waals surface area contributed by atoms with E-state index < -0.39 is 0 Å². The minimum Gasteiger partial charge on any atom is -0.310 e. The molecule has 0 spiro atoms. The van der Waals surface area contributed by atoms with Gasteiger partial charge < -0.3 is 4.90 Å². The van der Waals surface area contributed by atoms with Crippen LogP contribution in [0.1, 0.15) is 55.5 Å². The van der Waals surface area contributed by atoms with Gasteiger partial charge in [-0.2, -0.15) is 0 Å². The first kappa shape index (κ1) is 42.6. The molecular formula is C70H53N. The lowest BCUT2D eigenvalue weighted by molar-refractivity contribution is 0.660. The van der Waals surface area contributed by atoms with E-state index in [1.165, 1.54) is 111 Å². The van der Waals surface area contributed by atoms with Gasteiger partial charge in [-0.1, -0.05) is 210 Å². The van der Waals surface area contributed by atoms with E-state index >= 15 is 0 Å². The largest absolute Gasteiger partial charge is 0.310 e. The van der Waals surface area contributed by atoms with Gasteiger partial charge in [0.05, 0.1) is 0 Å². The standard InChI is InChI=1S/C70H53N/c1-6-45-15-17-48(18-16-45)49-19-21-50(22-20-49)51-27-31-58(32-28-51)71(59-33-37-63-61-35-29-56(41-65(61)69(2,3)67(63)43-59)54-25-23-46-11-7-9-13-52(46)39-54)60-34-38-64-62-36-30-57(42-66(62)70(4,5)68(64)44-60)55-26-24-47-12-8-10-14-53(47)40-55/h6-44H,1H2,2-5H3. The fraction of sp³-hybridized carbons (Fsp3) is 0.0857. The van der Waals surface area contributed by atoms with Crippen molar-refractivity contribution in [3.63, 3.8) is 0 Å². The number of hydrogen-bond donors (Lipinski definition) is 0. The van der Waals surface area contributed by atoms with Crippen LogP contribution in [-0.4, -0.2) is 0 Å². The molecule has 0 unspecified atom stereocenters. The zero-order chi connectivity index (χ0) is 48.0. The van der Waals surface area contributed by atoms with Crippen LogP contribution in [0.15, 0.2) is 237 Å². The Balaban J connectivity index is 0.887. The maximum Gasteiger partial charge on any atom is 0.0465 e. The Morgan fingerprint density at radius 1 is 0.296 bits per heavy atom. The molecule has 0 heterocycles. The summed E-state index contributed by atoms with van der Waals surface area (Å²) in [5, 5.41) is 5.05. The number of fused-ring (bicyclic) bond motifs is 8. The summed E-state index contributed by atoms with van der Waals surface area (Å²) in [6.45, 7) is 13.5. The van der Waals surface area contributed by atoms with Crippen molar-refractivity contribution in [2.24, 2.45) is 0 Å². The topological polar surface area (TPSA) is 3.24 Å². The van der Waals surface area contributed by atoms with E-state index in [1.54, 1.807) is 0 Å². The summed E-state index contributed by atoms with van der Waals surface area (Å²) >= 11 is 0. The van der Waals surface area contributed by atoms with Gasteiger partial charge in [-0.15, -0.1) is 0 Å². The van der Waals surface area contributed by atoms with Gasteiger partial charge in [0.15, 0.2) is 0 Å². The average molecular weight is 908 g/mol. The molecule has 0 radical (unpaired) electrons.